The van der Waals surface area contributed by atoms with Crippen LogP contribution in [0.5, 0.6) is 0 Å². The number of hydrogen-bond donors (Lipinski definition) is 2. The third kappa shape index (κ3) is 2.82. The van der Waals surface area contributed by atoms with Crippen LogP contribution in [0, 0.1) is 17.6 Å². The van der Waals surface area contributed by atoms with Crippen LogP contribution in [-0.4, -0.2) is 33.4 Å². The summed E-state index contributed by atoms with van der Waals surface area (Å²) in [5.41, 5.74) is 1.57. The smallest absolute Gasteiger partial charge is 0.253 e. The van der Waals surface area contributed by atoms with Crippen LogP contribution in [0.2, 0.25) is 0 Å². The fourth-order valence-electron chi connectivity index (χ4n) is 2.65. The topological polar surface area (TPSA) is 71.9 Å². The predicted molar refractivity (Wildman–Crippen MR) is 85.6 cm³/mol. The lowest BCUT2D eigenvalue weighted by Crippen LogP contribution is -2.31. The highest BCUT2D eigenvalue weighted by Crippen LogP contribution is 2.22. The quantitative estimate of drug-likeness (QED) is 0.853. The molecule has 7 heteroatoms. The maximum absolute atomic E-state index is 12.3. The minimum absolute atomic E-state index is 0.102. The summed E-state index contributed by atoms with van der Waals surface area (Å²) < 4.78 is 7.83. The largest absolute Gasteiger partial charge is 0.368 e. The lowest BCUT2D eigenvalue weighted by molar-refractivity contribution is -0.126. The molecule has 1 aromatic heterocycles. The molecule has 1 aliphatic heterocycles. The van der Waals surface area contributed by atoms with Crippen LogP contribution in [0.15, 0.2) is 24.3 Å². The van der Waals surface area contributed by atoms with Crippen molar-refractivity contribution in [3.05, 3.63) is 34.9 Å². The molecule has 0 unspecified atom stereocenters. The zero-order valence-electron chi connectivity index (χ0n) is 12.5. The fourth-order valence-corrected chi connectivity index (χ4v) is 2.93. The van der Waals surface area contributed by atoms with Gasteiger partial charge in [-0.3, -0.25) is 14.5 Å². The second kappa shape index (κ2) is 6.02. The van der Waals surface area contributed by atoms with Crippen LogP contribution >= 0.6 is 12.2 Å². The molecule has 1 aromatic carbocycles. The monoisotopic (exact) mass is 318 g/mol. The van der Waals surface area contributed by atoms with Crippen molar-refractivity contribution in [3.63, 3.8) is 0 Å². The number of H-pyrrole nitrogens is 1. The van der Waals surface area contributed by atoms with Crippen molar-refractivity contribution < 1.29 is 9.53 Å². The molecular formula is C15H18N4O2S. The van der Waals surface area contributed by atoms with E-state index in [1.165, 1.54) is 0 Å². The molecular weight excluding hydrogens is 300 g/mol. The van der Waals surface area contributed by atoms with E-state index in [0.29, 0.717) is 17.1 Å². The Morgan fingerprint density at radius 1 is 1.55 bits per heavy atom. The third-order valence-corrected chi connectivity index (χ3v) is 4.13. The summed E-state index contributed by atoms with van der Waals surface area (Å²) in [6.45, 7) is 4.54. The van der Waals surface area contributed by atoms with E-state index in [1.807, 2.05) is 42.7 Å². The van der Waals surface area contributed by atoms with Gasteiger partial charge in [0.05, 0.1) is 5.69 Å². The van der Waals surface area contributed by atoms with Crippen molar-refractivity contribution in [1.82, 2.24) is 14.8 Å². The second-order valence-electron chi connectivity index (χ2n) is 5.51. The molecule has 6 nitrogen and oxygen atoms in total. The number of carbonyl (C=O) groups excluding carboxylic acids is 1. The van der Waals surface area contributed by atoms with Gasteiger partial charge in [0.15, 0.2) is 4.77 Å². The summed E-state index contributed by atoms with van der Waals surface area (Å²) in [4.78, 5) is 12.3. The molecule has 0 radical (unpaired) electrons. The molecule has 116 valence electrons. The van der Waals surface area contributed by atoms with E-state index in [4.69, 9.17) is 17.0 Å². The van der Waals surface area contributed by atoms with E-state index < -0.39 is 0 Å². The minimum Gasteiger partial charge on any atom is -0.368 e. The lowest BCUT2D eigenvalue weighted by Gasteiger charge is -2.15. The van der Waals surface area contributed by atoms with E-state index >= 15 is 0 Å². The molecule has 2 atom stereocenters. The number of benzene rings is 1. The molecule has 3 rings (SSSR count). The number of anilines is 1. The zero-order valence-corrected chi connectivity index (χ0v) is 13.3. The highest BCUT2D eigenvalue weighted by molar-refractivity contribution is 7.71. The fraction of sp³-hybridized carbons (Fsp3) is 0.400. The molecule has 1 fully saturated rings. The van der Waals surface area contributed by atoms with Crippen LogP contribution in [0.4, 0.5) is 5.69 Å². The number of rotatable bonds is 3. The SMILES string of the molecule is Cc1n[nH]c(=S)n1-c1cccc(NC(=O)[C@@H]2OCC[C@H]2C)c1. The van der Waals surface area contributed by atoms with Gasteiger partial charge in [-0.2, -0.15) is 5.10 Å². The number of nitrogens with one attached hydrogen (secondary N) is 2. The summed E-state index contributed by atoms with van der Waals surface area (Å²) in [6.07, 6.45) is 0.545. The van der Waals surface area contributed by atoms with Crippen molar-refractivity contribution >= 4 is 23.8 Å². The van der Waals surface area contributed by atoms with Crippen LogP contribution in [0.3, 0.4) is 0 Å². The summed E-state index contributed by atoms with van der Waals surface area (Å²) in [7, 11) is 0. The number of aromatic nitrogens is 3. The van der Waals surface area contributed by atoms with Crippen LogP contribution in [0.1, 0.15) is 19.2 Å². The maximum atomic E-state index is 12.3. The Morgan fingerprint density at radius 3 is 3.00 bits per heavy atom. The average Bonchev–Trinajstić information content (AvgIpc) is 3.05. The molecule has 2 aromatic rings. The van der Waals surface area contributed by atoms with Crippen molar-refractivity contribution in [2.45, 2.75) is 26.4 Å². The van der Waals surface area contributed by atoms with Gasteiger partial charge in [0.2, 0.25) is 0 Å². The predicted octanol–water partition coefficient (Wildman–Crippen LogP) is 2.60. The lowest BCUT2D eigenvalue weighted by atomic mass is 10.0. The standard InChI is InChI=1S/C15H18N4O2S/c1-9-6-7-21-13(9)14(20)16-11-4-3-5-12(8-11)19-10(2)17-18-15(19)22/h3-5,8-9,13H,6-7H2,1-2H3,(H,16,20)(H,18,22)/t9-,13-/m1/s1. The number of aromatic amines is 1. The first kappa shape index (κ1) is 14.9. The third-order valence-electron chi connectivity index (χ3n) is 3.86. The van der Waals surface area contributed by atoms with Crippen molar-refractivity contribution in [2.24, 2.45) is 5.92 Å². The Hall–Kier alpha value is -1.99. The molecule has 2 heterocycles. The van der Waals surface area contributed by atoms with Gasteiger partial charge in [-0.25, -0.2) is 0 Å². The normalized spacial score (nSPS) is 21.0. The molecule has 22 heavy (non-hydrogen) atoms. The van der Waals surface area contributed by atoms with Crippen molar-refractivity contribution in [1.29, 1.82) is 0 Å². The van der Waals surface area contributed by atoms with Crippen LogP contribution in [0.25, 0.3) is 5.69 Å². The molecule has 0 aliphatic carbocycles. The van der Waals surface area contributed by atoms with E-state index in [-0.39, 0.29) is 17.9 Å². The van der Waals surface area contributed by atoms with E-state index in [0.717, 1.165) is 17.9 Å². The molecule has 1 amide bonds. The van der Waals surface area contributed by atoms with Crippen LogP contribution < -0.4 is 5.32 Å². The number of hydrogen-bond acceptors (Lipinski definition) is 4. The average molecular weight is 318 g/mol. The van der Waals surface area contributed by atoms with Gasteiger partial charge in [0.1, 0.15) is 11.9 Å². The maximum Gasteiger partial charge on any atom is 0.253 e. The number of aryl methyl sites for hydroxylation is 1. The van der Waals surface area contributed by atoms with Crippen molar-refractivity contribution in [3.8, 4) is 5.69 Å². The van der Waals surface area contributed by atoms with E-state index in [2.05, 4.69) is 15.5 Å². The van der Waals surface area contributed by atoms with Crippen LogP contribution in [-0.2, 0) is 9.53 Å². The summed E-state index contributed by atoms with van der Waals surface area (Å²) in [5.74, 6) is 0.906. The highest BCUT2D eigenvalue weighted by Gasteiger charge is 2.30. The number of amides is 1. The Kier molecular flexibility index (Phi) is 4.08. The Balaban J connectivity index is 1.83. The highest BCUT2D eigenvalue weighted by atomic mass is 32.1. The van der Waals surface area contributed by atoms with Gasteiger partial charge in [-0.15, -0.1) is 0 Å². The number of carbonyl (C=O) groups is 1. The Labute approximate surface area is 133 Å². The van der Waals surface area contributed by atoms with Gasteiger partial charge in [0.25, 0.3) is 5.91 Å². The molecule has 2 N–H and O–H groups in total. The van der Waals surface area contributed by atoms with E-state index in [9.17, 15) is 4.79 Å². The van der Waals surface area contributed by atoms with Gasteiger partial charge in [-0.05, 0) is 49.7 Å². The Morgan fingerprint density at radius 2 is 2.36 bits per heavy atom. The summed E-state index contributed by atoms with van der Waals surface area (Å²) in [6, 6.07) is 7.51. The molecule has 1 aliphatic rings. The summed E-state index contributed by atoms with van der Waals surface area (Å²) >= 11 is 5.23. The van der Waals surface area contributed by atoms with Gasteiger partial charge < -0.3 is 10.1 Å². The molecule has 0 spiro atoms. The number of ether oxygens (including phenoxy) is 1. The van der Waals surface area contributed by atoms with Gasteiger partial charge in [-0.1, -0.05) is 13.0 Å². The summed E-state index contributed by atoms with van der Waals surface area (Å²) in [5, 5.41) is 9.76. The first-order chi connectivity index (χ1) is 10.6. The minimum atomic E-state index is -0.374. The number of nitrogens with zero attached hydrogens (tertiary/aromatic N) is 2. The first-order valence-electron chi connectivity index (χ1n) is 7.23. The molecule has 0 bridgehead atoms. The molecule has 0 saturated carbocycles. The van der Waals surface area contributed by atoms with E-state index in [1.54, 1.807) is 0 Å². The molecule has 1 saturated heterocycles. The van der Waals surface area contributed by atoms with Gasteiger partial charge >= 0.3 is 0 Å². The first-order valence-corrected chi connectivity index (χ1v) is 7.64. The Bertz CT molecular complexity index is 752. The zero-order chi connectivity index (χ0) is 15.7. The van der Waals surface area contributed by atoms with Crippen molar-refractivity contribution in [2.75, 3.05) is 11.9 Å². The second-order valence-corrected chi connectivity index (χ2v) is 5.90. The van der Waals surface area contributed by atoms with Gasteiger partial charge in [0, 0.05) is 12.3 Å².